The van der Waals surface area contributed by atoms with Gasteiger partial charge in [0, 0.05) is 13.1 Å². The summed E-state index contributed by atoms with van der Waals surface area (Å²) in [6.07, 6.45) is 0.921. The molecule has 1 aliphatic rings. The van der Waals surface area contributed by atoms with E-state index in [1.54, 1.807) is 0 Å². The summed E-state index contributed by atoms with van der Waals surface area (Å²) in [5.74, 6) is 0.531. The lowest BCUT2D eigenvalue weighted by molar-refractivity contribution is 0.00886. The minimum absolute atomic E-state index is 0.194. The second-order valence-corrected chi connectivity index (χ2v) is 5.80. The van der Waals surface area contributed by atoms with Crippen molar-refractivity contribution in [1.29, 1.82) is 0 Å². The lowest BCUT2D eigenvalue weighted by Gasteiger charge is -2.38. The SMILES string of the molecule is CCN(C(=O)OC(C)(C)C)[C@@H]1CNCC[C@@H]1C. The number of piperidine rings is 1. The van der Waals surface area contributed by atoms with Gasteiger partial charge < -0.3 is 15.0 Å². The third-order valence-corrected chi connectivity index (χ3v) is 3.16. The smallest absolute Gasteiger partial charge is 0.410 e. The topological polar surface area (TPSA) is 41.6 Å². The van der Waals surface area contributed by atoms with Crippen molar-refractivity contribution < 1.29 is 9.53 Å². The van der Waals surface area contributed by atoms with Crippen molar-refractivity contribution >= 4 is 6.09 Å². The van der Waals surface area contributed by atoms with Gasteiger partial charge in [-0.25, -0.2) is 4.79 Å². The van der Waals surface area contributed by atoms with Crippen LogP contribution in [0, 0.1) is 5.92 Å². The molecule has 1 fully saturated rings. The van der Waals surface area contributed by atoms with E-state index >= 15 is 0 Å². The van der Waals surface area contributed by atoms with E-state index in [1.165, 1.54) is 0 Å². The summed E-state index contributed by atoms with van der Waals surface area (Å²) in [5, 5.41) is 3.35. The highest BCUT2D eigenvalue weighted by molar-refractivity contribution is 5.68. The van der Waals surface area contributed by atoms with Crippen molar-refractivity contribution in [3.05, 3.63) is 0 Å². The largest absolute Gasteiger partial charge is 0.444 e. The highest BCUT2D eigenvalue weighted by Gasteiger charge is 2.31. The molecule has 2 atom stereocenters. The molecule has 1 N–H and O–H groups in total. The van der Waals surface area contributed by atoms with Crippen LogP contribution in [-0.4, -0.2) is 42.3 Å². The van der Waals surface area contributed by atoms with Gasteiger partial charge in [-0.05, 0) is 46.6 Å². The average Bonchev–Trinajstić information content (AvgIpc) is 2.19. The molecular formula is C13H26N2O2. The van der Waals surface area contributed by atoms with E-state index in [1.807, 2.05) is 32.6 Å². The highest BCUT2D eigenvalue weighted by atomic mass is 16.6. The van der Waals surface area contributed by atoms with E-state index in [0.29, 0.717) is 12.5 Å². The molecule has 1 saturated heterocycles. The van der Waals surface area contributed by atoms with Crippen LogP contribution in [-0.2, 0) is 4.74 Å². The van der Waals surface area contributed by atoms with Gasteiger partial charge in [0.05, 0.1) is 6.04 Å². The summed E-state index contributed by atoms with van der Waals surface area (Å²) in [6.45, 7) is 12.5. The first-order valence-electron chi connectivity index (χ1n) is 6.55. The fourth-order valence-corrected chi connectivity index (χ4v) is 2.21. The van der Waals surface area contributed by atoms with Gasteiger partial charge in [0.25, 0.3) is 0 Å². The number of amides is 1. The molecule has 1 amide bonds. The zero-order chi connectivity index (χ0) is 13.1. The van der Waals surface area contributed by atoms with Gasteiger partial charge in [-0.3, -0.25) is 0 Å². The third kappa shape index (κ3) is 4.19. The van der Waals surface area contributed by atoms with E-state index in [2.05, 4.69) is 12.2 Å². The molecule has 0 saturated carbocycles. The predicted octanol–water partition coefficient (Wildman–Crippen LogP) is 2.24. The maximum absolute atomic E-state index is 12.1. The maximum atomic E-state index is 12.1. The monoisotopic (exact) mass is 242 g/mol. The van der Waals surface area contributed by atoms with Crippen LogP contribution in [0.2, 0.25) is 0 Å². The van der Waals surface area contributed by atoms with E-state index in [-0.39, 0.29) is 12.1 Å². The zero-order valence-electron chi connectivity index (χ0n) is 11.7. The maximum Gasteiger partial charge on any atom is 0.410 e. The normalized spacial score (nSPS) is 25.5. The molecule has 0 radical (unpaired) electrons. The molecule has 1 aliphatic heterocycles. The fourth-order valence-electron chi connectivity index (χ4n) is 2.21. The molecule has 100 valence electrons. The number of nitrogens with zero attached hydrogens (tertiary/aromatic N) is 1. The number of carbonyl (C=O) groups excluding carboxylic acids is 1. The van der Waals surface area contributed by atoms with Gasteiger partial charge in [0.1, 0.15) is 5.60 Å². The highest BCUT2D eigenvalue weighted by Crippen LogP contribution is 2.20. The summed E-state index contributed by atoms with van der Waals surface area (Å²) >= 11 is 0. The summed E-state index contributed by atoms with van der Waals surface area (Å²) in [7, 11) is 0. The lowest BCUT2D eigenvalue weighted by atomic mass is 9.93. The molecule has 0 unspecified atom stereocenters. The van der Waals surface area contributed by atoms with Gasteiger partial charge in [0.15, 0.2) is 0 Å². The second-order valence-electron chi connectivity index (χ2n) is 5.80. The molecule has 1 heterocycles. The summed E-state index contributed by atoms with van der Waals surface area (Å²) in [6, 6.07) is 0.253. The van der Waals surface area contributed by atoms with Crippen LogP contribution in [0.5, 0.6) is 0 Å². The number of hydrogen-bond acceptors (Lipinski definition) is 3. The van der Waals surface area contributed by atoms with Crippen molar-refractivity contribution in [2.45, 2.75) is 52.7 Å². The first-order valence-corrected chi connectivity index (χ1v) is 6.55. The number of hydrogen-bond donors (Lipinski definition) is 1. The summed E-state index contributed by atoms with van der Waals surface area (Å²) < 4.78 is 5.45. The molecule has 0 aromatic carbocycles. The molecular weight excluding hydrogens is 216 g/mol. The van der Waals surface area contributed by atoms with Gasteiger partial charge >= 0.3 is 6.09 Å². The predicted molar refractivity (Wildman–Crippen MR) is 69.1 cm³/mol. The van der Waals surface area contributed by atoms with Crippen molar-refractivity contribution in [2.75, 3.05) is 19.6 Å². The van der Waals surface area contributed by atoms with Crippen molar-refractivity contribution in [3.63, 3.8) is 0 Å². The Bertz CT molecular complexity index is 261. The second kappa shape index (κ2) is 5.71. The zero-order valence-corrected chi connectivity index (χ0v) is 11.7. The van der Waals surface area contributed by atoms with Crippen LogP contribution in [0.1, 0.15) is 41.0 Å². The van der Waals surface area contributed by atoms with Crippen LogP contribution in [0.15, 0.2) is 0 Å². The molecule has 0 bridgehead atoms. The molecule has 1 rings (SSSR count). The van der Waals surface area contributed by atoms with Crippen molar-refractivity contribution in [1.82, 2.24) is 10.2 Å². The minimum atomic E-state index is -0.421. The van der Waals surface area contributed by atoms with Crippen LogP contribution in [0.3, 0.4) is 0 Å². The van der Waals surface area contributed by atoms with Gasteiger partial charge in [-0.15, -0.1) is 0 Å². The standard InChI is InChI=1S/C13H26N2O2/c1-6-15(12(16)17-13(3,4)5)11-9-14-8-7-10(11)2/h10-11,14H,6-9H2,1-5H3/t10-,11+/m0/s1. The Balaban J connectivity index is 2.66. The number of nitrogens with one attached hydrogen (secondary N) is 1. The Hall–Kier alpha value is -0.770. The fraction of sp³-hybridized carbons (Fsp3) is 0.923. The third-order valence-electron chi connectivity index (χ3n) is 3.16. The van der Waals surface area contributed by atoms with Crippen LogP contribution < -0.4 is 5.32 Å². The van der Waals surface area contributed by atoms with E-state index < -0.39 is 5.60 Å². The average molecular weight is 242 g/mol. The Labute approximate surface area is 105 Å². The van der Waals surface area contributed by atoms with E-state index in [4.69, 9.17) is 4.74 Å². The van der Waals surface area contributed by atoms with Gasteiger partial charge in [0.2, 0.25) is 0 Å². The van der Waals surface area contributed by atoms with Crippen LogP contribution in [0.4, 0.5) is 4.79 Å². The first-order chi connectivity index (χ1) is 7.85. The number of likely N-dealkylation sites (N-methyl/N-ethyl adjacent to an activating group) is 1. The van der Waals surface area contributed by atoms with Crippen molar-refractivity contribution in [2.24, 2.45) is 5.92 Å². The summed E-state index contributed by atoms with van der Waals surface area (Å²) in [4.78, 5) is 14.0. The van der Waals surface area contributed by atoms with E-state index in [9.17, 15) is 4.79 Å². The van der Waals surface area contributed by atoms with Crippen LogP contribution in [0.25, 0.3) is 0 Å². The molecule has 0 aromatic heterocycles. The molecule has 0 spiro atoms. The number of carbonyl (C=O) groups is 1. The van der Waals surface area contributed by atoms with Crippen molar-refractivity contribution in [3.8, 4) is 0 Å². The molecule has 4 nitrogen and oxygen atoms in total. The quantitative estimate of drug-likeness (QED) is 0.807. The van der Waals surface area contributed by atoms with E-state index in [0.717, 1.165) is 19.5 Å². The molecule has 0 aliphatic carbocycles. The Morgan fingerprint density at radius 1 is 1.47 bits per heavy atom. The van der Waals surface area contributed by atoms with Crippen LogP contribution >= 0.6 is 0 Å². The molecule has 17 heavy (non-hydrogen) atoms. The Morgan fingerprint density at radius 2 is 2.12 bits per heavy atom. The van der Waals surface area contributed by atoms with Gasteiger partial charge in [-0.2, -0.15) is 0 Å². The first kappa shape index (κ1) is 14.3. The molecule has 4 heteroatoms. The number of ether oxygens (including phenoxy) is 1. The minimum Gasteiger partial charge on any atom is -0.444 e. The van der Waals surface area contributed by atoms with Gasteiger partial charge in [-0.1, -0.05) is 6.92 Å². The summed E-state index contributed by atoms with van der Waals surface area (Å²) in [5.41, 5.74) is -0.421. The Morgan fingerprint density at radius 3 is 2.59 bits per heavy atom. The molecule has 0 aromatic rings. The number of rotatable bonds is 2. The lowest BCUT2D eigenvalue weighted by Crippen LogP contribution is -2.53. The Kier molecular flexibility index (Phi) is 4.80.